The molecule has 0 spiro atoms. The van der Waals surface area contributed by atoms with E-state index in [1.54, 1.807) is 0 Å². The van der Waals surface area contributed by atoms with Gasteiger partial charge in [-0.1, -0.05) is 20.3 Å². The topological polar surface area (TPSA) is 38.3 Å². The van der Waals surface area contributed by atoms with Crippen LogP contribution in [-0.4, -0.2) is 35.2 Å². The van der Waals surface area contributed by atoms with Crippen molar-refractivity contribution in [3.05, 3.63) is 0 Å². The Bertz CT molecular complexity index is 332. The molecular weight excluding hydrogens is 270 g/mol. The zero-order valence-electron chi connectivity index (χ0n) is 13.1. The fourth-order valence-corrected chi connectivity index (χ4v) is 4.35. The summed E-state index contributed by atoms with van der Waals surface area (Å²) in [5.41, 5.74) is -0.385. The van der Waals surface area contributed by atoms with Crippen molar-refractivity contribution < 1.29 is 9.53 Å². The van der Waals surface area contributed by atoms with Crippen molar-refractivity contribution in [3.8, 4) is 0 Å². The van der Waals surface area contributed by atoms with Crippen LogP contribution in [0.15, 0.2) is 0 Å². The Morgan fingerprint density at radius 1 is 1.40 bits per heavy atom. The van der Waals surface area contributed by atoms with Gasteiger partial charge < -0.3 is 4.74 Å². The van der Waals surface area contributed by atoms with E-state index in [1.807, 2.05) is 6.92 Å². The molecule has 0 aromatic heterocycles. The molecule has 0 amide bonds. The van der Waals surface area contributed by atoms with Gasteiger partial charge in [0.2, 0.25) is 0 Å². The minimum absolute atomic E-state index is 0.0152. The molecule has 2 aliphatic rings. The quantitative estimate of drug-likeness (QED) is 0.697. The summed E-state index contributed by atoms with van der Waals surface area (Å²) >= 11 is 2.05. The minimum Gasteiger partial charge on any atom is -0.465 e. The molecule has 0 radical (unpaired) electrons. The third-order valence-electron chi connectivity index (χ3n) is 4.51. The number of carbonyl (C=O) groups excluding carboxylic acids is 1. The first-order chi connectivity index (χ1) is 9.59. The Balaban J connectivity index is 1.90. The molecule has 0 aromatic rings. The van der Waals surface area contributed by atoms with Gasteiger partial charge in [-0.05, 0) is 50.7 Å². The summed E-state index contributed by atoms with van der Waals surface area (Å²) in [6.45, 7) is 6.94. The Morgan fingerprint density at radius 2 is 2.15 bits per heavy atom. The number of nitrogens with one attached hydrogen (secondary N) is 1. The molecule has 0 bridgehead atoms. The Morgan fingerprint density at radius 3 is 2.75 bits per heavy atom. The lowest BCUT2D eigenvalue weighted by Crippen LogP contribution is -2.52. The standard InChI is InChI=1S/C16H29NO2S/c1-4-12(3)11-20-14-8-9-16(10-14,15(18)19-5-2)17-13-6-7-13/h12-14,17H,4-11H2,1-3H3. The van der Waals surface area contributed by atoms with E-state index in [1.165, 1.54) is 25.0 Å². The van der Waals surface area contributed by atoms with Crippen LogP contribution in [0, 0.1) is 5.92 Å². The monoisotopic (exact) mass is 299 g/mol. The molecule has 1 N–H and O–H groups in total. The second-order valence-electron chi connectivity index (χ2n) is 6.43. The molecule has 20 heavy (non-hydrogen) atoms. The zero-order chi connectivity index (χ0) is 14.6. The van der Waals surface area contributed by atoms with Crippen LogP contribution in [0.4, 0.5) is 0 Å². The number of carbonyl (C=O) groups is 1. The zero-order valence-corrected chi connectivity index (χ0v) is 13.9. The third-order valence-corrected chi connectivity index (χ3v) is 6.14. The summed E-state index contributed by atoms with van der Waals surface area (Å²) in [5, 5.41) is 4.21. The van der Waals surface area contributed by atoms with Crippen LogP contribution >= 0.6 is 11.8 Å². The van der Waals surface area contributed by atoms with Gasteiger partial charge >= 0.3 is 5.97 Å². The molecule has 2 saturated carbocycles. The second kappa shape index (κ2) is 7.17. The Kier molecular flexibility index (Phi) is 5.79. The molecular formula is C16H29NO2S. The molecule has 0 aliphatic heterocycles. The SMILES string of the molecule is CCOC(=O)C1(NC2CC2)CCC(SCC(C)CC)C1. The molecule has 0 aromatic carbocycles. The van der Waals surface area contributed by atoms with Crippen molar-refractivity contribution in [3.63, 3.8) is 0 Å². The van der Waals surface area contributed by atoms with Gasteiger partial charge in [-0.15, -0.1) is 0 Å². The van der Waals surface area contributed by atoms with Gasteiger partial charge in [-0.2, -0.15) is 11.8 Å². The number of esters is 1. The van der Waals surface area contributed by atoms with Crippen molar-refractivity contribution in [2.24, 2.45) is 5.92 Å². The molecule has 4 heteroatoms. The van der Waals surface area contributed by atoms with E-state index >= 15 is 0 Å². The van der Waals surface area contributed by atoms with Crippen molar-refractivity contribution in [1.29, 1.82) is 0 Å². The lowest BCUT2D eigenvalue weighted by Gasteiger charge is -2.28. The van der Waals surface area contributed by atoms with Crippen LogP contribution < -0.4 is 5.32 Å². The molecule has 3 unspecified atom stereocenters. The predicted octanol–water partition coefficient (Wildman–Crippen LogP) is 3.37. The van der Waals surface area contributed by atoms with E-state index in [0.29, 0.717) is 17.9 Å². The van der Waals surface area contributed by atoms with Gasteiger partial charge in [0, 0.05) is 11.3 Å². The molecule has 2 rings (SSSR count). The van der Waals surface area contributed by atoms with Gasteiger partial charge in [0.05, 0.1) is 6.61 Å². The Hall–Kier alpha value is -0.220. The van der Waals surface area contributed by atoms with E-state index in [4.69, 9.17) is 4.74 Å². The highest BCUT2D eigenvalue weighted by Crippen LogP contribution is 2.40. The maximum Gasteiger partial charge on any atom is 0.326 e. The van der Waals surface area contributed by atoms with Crippen LogP contribution in [0.3, 0.4) is 0 Å². The largest absolute Gasteiger partial charge is 0.465 e. The summed E-state index contributed by atoms with van der Waals surface area (Å²) in [5.74, 6) is 1.97. The van der Waals surface area contributed by atoms with Crippen molar-refractivity contribution in [2.75, 3.05) is 12.4 Å². The van der Waals surface area contributed by atoms with Crippen LogP contribution in [0.2, 0.25) is 0 Å². The first-order valence-electron chi connectivity index (χ1n) is 8.16. The summed E-state index contributed by atoms with van der Waals surface area (Å²) in [6, 6.07) is 0.553. The van der Waals surface area contributed by atoms with Gasteiger partial charge in [-0.3, -0.25) is 10.1 Å². The highest BCUT2D eigenvalue weighted by Gasteiger charge is 2.49. The molecule has 3 atom stereocenters. The molecule has 3 nitrogen and oxygen atoms in total. The number of hydrogen-bond acceptors (Lipinski definition) is 4. The summed E-state index contributed by atoms with van der Waals surface area (Å²) in [7, 11) is 0. The minimum atomic E-state index is -0.385. The van der Waals surface area contributed by atoms with E-state index in [-0.39, 0.29) is 11.5 Å². The number of thioether (sulfide) groups is 1. The molecule has 116 valence electrons. The summed E-state index contributed by atoms with van der Waals surface area (Å²) in [6.07, 6.45) is 6.70. The smallest absolute Gasteiger partial charge is 0.326 e. The van der Waals surface area contributed by atoms with Crippen molar-refractivity contribution >= 4 is 17.7 Å². The Labute approximate surface area is 127 Å². The highest BCUT2D eigenvalue weighted by atomic mass is 32.2. The van der Waals surface area contributed by atoms with Crippen LogP contribution in [0.1, 0.15) is 59.3 Å². The lowest BCUT2D eigenvalue weighted by molar-refractivity contribution is -0.151. The highest BCUT2D eigenvalue weighted by molar-refractivity contribution is 7.99. The predicted molar refractivity (Wildman–Crippen MR) is 85.1 cm³/mol. The summed E-state index contributed by atoms with van der Waals surface area (Å²) in [4.78, 5) is 12.4. The van der Waals surface area contributed by atoms with E-state index in [2.05, 4.69) is 30.9 Å². The van der Waals surface area contributed by atoms with Crippen molar-refractivity contribution in [1.82, 2.24) is 5.32 Å². The van der Waals surface area contributed by atoms with Gasteiger partial charge in [0.1, 0.15) is 5.54 Å². The van der Waals surface area contributed by atoms with Crippen LogP contribution in [-0.2, 0) is 9.53 Å². The fraction of sp³-hybridized carbons (Fsp3) is 0.938. The normalized spacial score (nSPS) is 31.2. The number of rotatable bonds is 8. The van der Waals surface area contributed by atoms with E-state index in [0.717, 1.165) is 25.2 Å². The van der Waals surface area contributed by atoms with Gasteiger partial charge in [-0.25, -0.2) is 0 Å². The van der Waals surface area contributed by atoms with E-state index in [9.17, 15) is 4.79 Å². The van der Waals surface area contributed by atoms with Crippen LogP contribution in [0.25, 0.3) is 0 Å². The third kappa shape index (κ3) is 4.14. The molecule has 2 aliphatic carbocycles. The van der Waals surface area contributed by atoms with Crippen molar-refractivity contribution in [2.45, 2.75) is 76.1 Å². The van der Waals surface area contributed by atoms with Crippen LogP contribution in [0.5, 0.6) is 0 Å². The molecule has 2 fully saturated rings. The van der Waals surface area contributed by atoms with Gasteiger partial charge in [0.25, 0.3) is 0 Å². The number of ether oxygens (including phenoxy) is 1. The van der Waals surface area contributed by atoms with Gasteiger partial charge in [0.15, 0.2) is 0 Å². The first kappa shape index (κ1) is 16.2. The second-order valence-corrected chi connectivity index (χ2v) is 7.77. The fourth-order valence-electron chi connectivity index (χ4n) is 2.82. The number of hydrogen-bond donors (Lipinski definition) is 1. The summed E-state index contributed by atoms with van der Waals surface area (Å²) < 4.78 is 5.34. The first-order valence-corrected chi connectivity index (χ1v) is 9.21. The lowest BCUT2D eigenvalue weighted by atomic mass is 9.97. The maximum atomic E-state index is 12.4. The average molecular weight is 299 g/mol. The molecule has 0 saturated heterocycles. The maximum absolute atomic E-state index is 12.4. The molecule has 0 heterocycles. The van der Waals surface area contributed by atoms with E-state index < -0.39 is 0 Å². The average Bonchev–Trinajstić information content (AvgIpc) is 3.15.